The van der Waals surface area contributed by atoms with Crippen LogP contribution in [0.2, 0.25) is 0 Å². The van der Waals surface area contributed by atoms with Crippen molar-refractivity contribution in [2.24, 2.45) is 16.8 Å². The largest absolute Gasteiger partial charge is 0.472 e. The Bertz CT molecular complexity index is 1020. The minimum atomic E-state index is -0.706. The van der Waals surface area contributed by atoms with E-state index >= 15 is 0 Å². The fourth-order valence-electron chi connectivity index (χ4n) is 5.55. The van der Waals surface area contributed by atoms with Crippen molar-refractivity contribution in [1.82, 2.24) is 9.80 Å². The molecule has 1 aliphatic carbocycles. The van der Waals surface area contributed by atoms with Crippen LogP contribution < -0.4 is 0 Å². The SMILES string of the molecule is CC(C)C1CN(C2(C)N=C(C3CC3)C3=C(CC(C)(C)OC3)C2=N)CCN1C(=O)c1ccoc1. The second-order valence-corrected chi connectivity index (χ2v) is 11.1. The second kappa shape index (κ2) is 7.91. The summed E-state index contributed by atoms with van der Waals surface area (Å²) in [6.45, 7) is 13.2. The average Bonchev–Trinajstić information content (AvgIpc) is 3.48. The molecular weight excluding hydrogens is 416 g/mol. The fraction of sp³-hybridized carbons (Fsp3) is 0.654. The third-order valence-electron chi connectivity index (χ3n) is 7.79. The summed E-state index contributed by atoms with van der Waals surface area (Å²) in [5.74, 6) is 0.801. The molecule has 0 bridgehead atoms. The Hall–Kier alpha value is -2.25. The summed E-state index contributed by atoms with van der Waals surface area (Å²) in [5, 5.41) is 9.30. The van der Waals surface area contributed by atoms with Crippen molar-refractivity contribution in [3.05, 3.63) is 35.3 Å². The van der Waals surface area contributed by atoms with Crippen LogP contribution in [0.15, 0.2) is 39.1 Å². The van der Waals surface area contributed by atoms with Crippen molar-refractivity contribution in [2.75, 3.05) is 26.2 Å². The van der Waals surface area contributed by atoms with E-state index in [1.54, 1.807) is 12.3 Å². The molecule has 2 fully saturated rings. The van der Waals surface area contributed by atoms with Gasteiger partial charge in [-0.1, -0.05) is 13.8 Å². The van der Waals surface area contributed by atoms with Crippen LogP contribution in [0.3, 0.4) is 0 Å². The van der Waals surface area contributed by atoms with Crippen molar-refractivity contribution in [3.8, 4) is 0 Å². The van der Waals surface area contributed by atoms with Crippen LogP contribution >= 0.6 is 0 Å². The maximum absolute atomic E-state index is 13.2. The molecule has 178 valence electrons. The lowest BCUT2D eigenvalue weighted by molar-refractivity contribution is -0.0126. The Morgan fingerprint density at radius 1 is 1.21 bits per heavy atom. The van der Waals surface area contributed by atoms with E-state index in [1.807, 2.05) is 4.90 Å². The van der Waals surface area contributed by atoms with Gasteiger partial charge in [-0.25, -0.2) is 0 Å². The third kappa shape index (κ3) is 3.89. The van der Waals surface area contributed by atoms with Gasteiger partial charge in [-0.3, -0.25) is 14.7 Å². The first-order chi connectivity index (χ1) is 15.6. The molecule has 33 heavy (non-hydrogen) atoms. The molecule has 1 amide bonds. The summed E-state index contributed by atoms with van der Waals surface area (Å²) in [4.78, 5) is 22.8. The van der Waals surface area contributed by atoms with Crippen LogP contribution in [-0.2, 0) is 4.74 Å². The van der Waals surface area contributed by atoms with Gasteiger partial charge in [-0.15, -0.1) is 0 Å². The highest BCUT2D eigenvalue weighted by Gasteiger charge is 2.50. The van der Waals surface area contributed by atoms with Gasteiger partial charge in [0.25, 0.3) is 5.91 Å². The summed E-state index contributed by atoms with van der Waals surface area (Å²) < 4.78 is 11.3. The molecule has 1 N–H and O–H groups in total. The number of aliphatic imine (C=N–C) groups is 1. The first kappa shape index (κ1) is 22.5. The van der Waals surface area contributed by atoms with E-state index in [1.165, 1.54) is 19.1 Å². The number of carbonyl (C=O) groups is 1. The van der Waals surface area contributed by atoms with Gasteiger partial charge in [0, 0.05) is 49.3 Å². The van der Waals surface area contributed by atoms with Crippen molar-refractivity contribution >= 4 is 17.3 Å². The van der Waals surface area contributed by atoms with Gasteiger partial charge in [0.15, 0.2) is 5.66 Å². The smallest absolute Gasteiger partial charge is 0.257 e. The predicted octanol–water partition coefficient (Wildman–Crippen LogP) is 4.16. The zero-order valence-electron chi connectivity index (χ0n) is 20.5. The maximum atomic E-state index is 13.2. The Morgan fingerprint density at radius 3 is 2.61 bits per heavy atom. The summed E-state index contributed by atoms with van der Waals surface area (Å²) in [6.07, 6.45) is 6.16. The Kier molecular flexibility index (Phi) is 5.40. The minimum Gasteiger partial charge on any atom is -0.472 e. The van der Waals surface area contributed by atoms with Crippen LogP contribution in [0.4, 0.5) is 0 Å². The standard InChI is InChI=1S/C26H36N4O3/c1-16(2)21-13-29(9-10-30(21)24(31)18-8-11-32-14-18)26(5)23(27)19-12-25(3,4)33-15-20(19)22(28-26)17-6-7-17/h8,11,14,16-17,21,27H,6-7,9-10,12-13,15H2,1-5H3. The molecule has 3 aliphatic heterocycles. The van der Waals surface area contributed by atoms with Gasteiger partial charge in [-0.05, 0) is 51.2 Å². The molecule has 1 aromatic heterocycles. The molecule has 4 heterocycles. The normalized spacial score (nSPS) is 30.5. The second-order valence-electron chi connectivity index (χ2n) is 11.1. The maximum Gasteiger partial charge on any atom is 0.257 e. The van der Waals surface area contributed by atoms with Gasteiger partial charge >= 0.3 is 0 Å². The van der Waals surface area contributed by atoms with E-state index < -0.39 is 5.66 Å². The number of dihydropyridines is 1. The molecule has 0 spiro atoms. The zero-order chi connectivity index (χ0) is 23.5. The average molecular weight is 453 g/mol. The van der Waals surface area contributed by atoms with E-state index in [-0.39, 0.29) is 23.5 Å². The molecular formula is C26H36N4O3. The topological polar surface area (TPSA) is 82.1 Å². The predicted molar refractivity (Wildman–Crippen MR) is 128 cm³/mol. The third-order valence-corrected chi connectivity index (χ3v) is 7.79. The quantitative estimate of drug-likeness (QED) is 0.744. The highest BCUT2D eigenvalue weighted by Crippen LogP contribution is 2.44. The lowest BCUT2D eigenvalue weighted by Gasteiger charge is -2.51. The van der Waals surface area contributed by atoms with Crippen LogP contribution in [0.25, 0.3) is 0 Å². The lowest BCUT2D eigenvalue weighted by atomic mass is 9.79. The molecule has 7 heteroatoms. The monoisotopic (exact) mass is 452 g/mol. The Balaban J connectivity index is 1.45. The molecule has 0 aromatic carbocycles. The number of furan rings is 1. The first-order valence-electron chi connectivity index (χ1n) is 12.2. The summed E-state index contributed by atoms with van der Waals surface area (Å²) in [5.41, 5.74) is 3.68. The van der Waals surface area contributed by atoms with E-state index in [0.29, 0.717) is 43.4 Å². The molecule has 5 rings (SSSR count). The summed E-state index contributed by atoms with van der Waals surface area (Å²) in [6, 6.07) is 1.78. The van der Waals surface area contributed by atoms with Gasteiger partial charge in [-0.2, -0.15) is 0 Å². The molecule has 0 radical (unpaired) electrons. The number of nitrogens with one attached hydrogen (secondary N) is 1. The van der Waals surface area contributed by atoms with Crippen molar-refractivity contribution in [3.63, 3.8) is 0 Å². The summed E-state index contributed by atoms with van der Waals surface area (Å²) in [7, 11) is 0. The van der Waals surface area contributed by atoms with Gasteiger partial charge < -0.3 is 19.5 Å². The molecule has 2 unspecified atom stereocenters. The van der Waals surface area contributed by atoms with E-state index in [9.17, 15) is 10.2 Å². The molecule has 1 aromatic rings. The fourth-order valence-corrected chi connectivity index (χ4v) is 5.55. The van der Waals surface area contributed by atoms with E-state index in [0.717, 1.165) is 23.3 Å². The number of hydrogen-bond donors (Lipinski definition) is 1. The lowest BCUT2D eigenvalue weighted by Crippen LogP contribution is -2.65. The van der Waals surface area contributed by atoms with Gasteiger partial charge in [0.05, 0.1) is 29.7 Å². The van der Waals surface area contributed by atoms with Crippen LogP contribution in [0.5, 0.6) is 0 Å². The summed E-state index contributed by atoms with van der Waals surface area (Å²) >= 11 is 0. The van der Waals surface area contributed by atoms with Crippen LogP contribution in [0, 0.1) is 17.2 Å². The number of amides is 1. The molecule has 2 atom stereocenters. The minimum absolute atomic E-state index is 0.0179. The molecule has 1 saturated carbocycles. The van der Waals surface area contributed by atoms with Crippen molar-refractivity contribution in [2.45, 2.75) is 71.2 Å². The number of hydrogen-bond acceptors (Lipinski definition) is 6. The Labute approximate surface area is 196 Å². The van der Waals surface area contributed by atoms with Crippen LogP contribution in [0.1, 0.15) is 64.2 Å². The number of rotatable bonds is 4. The molecule has 7 nitrogen and oxygen atoms in total. The van der Waals surface area contributed by atoms with Crippen molar-refractivity contribution < 1.29 is 13.9 Å². The number of piperazine rings is 1. The van der Waals surface area contributed by atoms with Gasteiger partial charge in [0.1, 0.15) is 6.26 Å². The highest BCUT2D eigenvalue weighted by atomic mass is 16.5. The number of ether oxygens (including phenoxy) is 1. The number of carbonyl (C=O) groups excluding carboxylic acids is 1. The van der Waals surface area contributed by atoms with Gasteiger partial charge in [0.2, 0.25) is 0 Å². The first-order valence-corrected chi connectivity index (χ1v) is 12.2. The zero-order valence-corrected chi connectivity index (χ0v) is 20.5. The van der Waals surface area contributed by atoms with Crippen LogP contribution in [-0.4, -0.2) is 70.7 Å². The highest BCUT2D eigenvalue weighted by molar-refractivity contribution is 6.18. The molecule has 1 saturated heterocycles. The van der Waals surface area contributed by atoms with E-state index in [2.05, 4.69) is 39.5 Å². The molecule has 4 aliphatic rings. The van der Waals surface area contributed by atoms with E-state index in [4.69, 9.17) is 14.1 Å². The Morgan fingerprint density at radius 2 is 1.97 bits per heavy atom. The number of nitrogens with zero attached hydrogens (tertiary/aromatic N) is 3. The van der Waals surface area contributed by atoms with Crippen molar-refractivity contribution in [1.29, 1.82) is 5.41 Å².